The molecule has 0 spiro atoms. The lowest BCUT2D eigenvalue weighted by Crippen LogP contribution is -2.47. The summed E-state index contributed by atoms with van der Waals surface area (Å²) in [6.45, 7) is 5.12. The Kier molecular flexibility index (Phi) is 6.43. The van der Waals surface area contributed by atoms with Crippen LogP contribution in [0, 0.1) is 0 Å². The van der Waals surface area contributed by atoms with Crippen LogP contribution in [0.5, 0.6) is 0 Å². The fourth-order valence-electron chi connectivity index (χ4n) is 3.99. The molecule has 4 rings (SSSR count). The summed E-state index contributed by atoms with van der Waals surface area (Å²) >= 11 is 5.97. The molecule has 2 aliphatic rings. The molecule has 0 radical (unpaired) electrons. The van der Waals surface area contributed by atoms with Crippen molar-refractivity contribution in [3.63, 3.8) is 0 Å². The van der Waals surface area contributed by atoms with E-state index in [1.807, 2.05) is 53.2 Å². The summed E-state index contributed by atoms with van der Waals surface area (Å²) in [6, 6.07) is 14.7. The molecule has 0 bridgehead atoms. The summed E-state index contributed by atoms with van der Waals surface area (Å²) in [6.07, 6.45) is 1.38. The Hall–Kier alpha value is -1.93. The second-order valence-corrected chi connectivity index (χ2v) is 10.0. The fourth-order valence-corrected chi connectivity index (χ4v) is 5.99. The Labute approximate surface area is 183 Å². The zero-order chi connectivity index (χ0) is 21.1. The molecule has 1 fully saturated rings. The van der Waals surface area contributed by atoms with Gasteiger partial charge in [0.1, 0.15) is 5.37 Å². The Balaban J connectivity index is 1.51. The molecule has 2 heterocycles. The van der Waals surface area contributed by atoms with Gasteiger partial charge in [-0.3, -0.25) is 9.91 Å². The van der Waals surface area contributed by atoms with Crippen molar-refractivity contribution >= 4 is 32.8 Å². The third kappa shape index (κ3) is 4.39. The molecular formula is C22H26ClN3O3S. The normalized spacial score (nSPS) is 19.0. The summed E-state index contributed by atoms with van der Waals surface area (Å²) in [4.78, 5) is 2.36. The van der Waals surface area contributed by atoms with Gasteiger partial charge in [0, 0.05) is 31.1 Å². The lowest BCUT2D eigenvalue weighted by atomic mass is 10.1. The minimum absolute atomic E-state index is 0.352. The Bertz CT molecular complexity index is 1000. The van der Waals surface area contributed by atoms with E-state index in [1.165, 1.54) is 0 Å². The van der Waals surface area contributed by atoms with E-state index in [0.29, 0.717) is 42.6 Å². The van der Waals surface area contributed by atoms with E-state index in [4.69, 9.17) is 21.4 Å². The molecule has 2 aromatic rings. The van der Waals surface area contributed by atoms with E-state index in [2.05, 4.69) is 0 Å². The topological polar surface area (TPSA) is 62.2 Å². The minimum Gasteiger partial charge on any atom is -0.379 e. The second-order valence-electron chi connectivity index (χ2n) is 7.48. The van der Waals surface area contributed by atoms with Crippen molar-refractivity contribution in [3.05, 3.63) is 59.1 Å². The molecular weight excluding hydrogens is 422 g/mol. The second kappa shape index (κ2) is 9.06. The van der Waals surface area contributed by atoms with E-state index in [9.17, 15) is 8.42 Å². The number of nitrogens with zero attached hydrogens (tertiary/aromatic N) is 3. The summed E-state index contributed by atoms with van der Waals surface area (Å²) < 4.78 is 31.8. The molecule has 0 aromatic heterocycles. The van der Waals surface area contributed by atoms with E-state index >= 15 is 0 Å². The van der Waals surface area contributed by atoms with Crippen LogP contribution < -0.4 is 5.01 Å². The van der Waals surface area contributed by atoms with Crippen molar-refractivity contribution in [2.75, 3.05) is 37.9 Å². The molecule has 1 saturated heterocycles. The van der Waals surface area contributed by atoms with Crippen LogP contribution in [0.3, 0.4) is 0 Å². The monoisotopic (exact) mass is 447 g/mol. The zero-order valence-electron chi connectivity index (χ0n) is 17.0. The molecule has 1 atom stereocenters. The summed E-state index contributed by atoms with van der Waals surface area (Å²) in [5.74, 6) is 0. The third-order valence-corrected chi connectivity index (χ3v) is 8.13. The number of hydrogen-bond acceptors (Lipinski definition) is 6. The number of ether oxygens (including phenoxy) is 1. The first-order valence-electron chi connectivity index (χ1n) is 10.3. The van der Waals surface area contributed by atoms with Gasteiger partial charge in [-0.1, -0.05) is 30.7 Å². The number of halogens is 1. The lowest BCUT2D eigenvalue weighted by molar-refractivity contribution is 0.0305. The standard InChI is InChI=1S/C22H26ClN3O3S/c1-2-22(25-13-15-29-16-14-25)30(27,28)20-9-7-19(8-10-20)26-12-11-21(24-26)17-3-5-18(23)6-4-17/h3-10,22H,2,11-16H2,1H3. The summed E-state index contributed by atoms with van der Waals surface area (Å²) in [5, 5.41) is 6.81. The van der Waals surface area contributed by atoms with Crippen molar-refractivity contribution in [1.29, 1.82) is 0 Å². The van der Waals surface area contributed by atoms with Crippen LogP contribution in [-0.4, -0.2) is 57.3 Å². The van der Waals surface area contributed by atoms with Gasteiger partial charge in [-0.15, -0.1) is 0 Å². The van der Waals surface area contributed by atoms with E-state index in [0.717, 1.165) is 29.9 Å². The summed E-state index contributed by atoms with van der Waals surface area (Å²) in [5.41, 5.74) is 2.94. The molecule has 0 amide bonds. The molecule has 0 aliphatic carbocycles. The largest absolute Gasteiger partial charge is 0.379 e. The molecule has 6 nitrogen and oxygen atoms in total. The number of hydrazone groups is 1. The average Bonchev–Trinajstić information content (AvgIpc) is 3.26. The predicted molar refractivity (Wildman–Crippen MR) is 120 cm³/mol. The van der Waals surface area contributed by atoms with Crippen LogP contribution in [0.25, 0.3) is 0 Å². The van der Waals surface area contributed by atoms with Gasteiger partial charge in [0.05, 0.1) is 29.5 Å². The maximum absolute atomic E-state index is 13.2. The number of sulfone groups is 1. The first-order valence-corrected chi connectivity index (χ1v) is 12.2. The first kappa shape index (κ1) is 21.3. The first-order chi connectivity index (χ1) is 14.5. The highest BCUT2D eigenvalue weighted by atomic mass is 35.5. The van der Waals surface area contributed by atoms with Crippen molar-refractivity contribution < 1.29 is 13.2 Å². The van der Waals surface area contributed by atoms with Gasteiger partial charge in [0.25, 0.3) is 0 Å². The molecule has 8 heteroatoms. The van der Waals surface area contributed by atoms with Gasteiger partial charge >= 0.3 is 0 Å². The summed E-state index contributed by atoms with van der Waals surface area (Å²) in [7, 11) is -3.45. The Morgan fingerprint density at radius 1 is 1.03 bits per heavy atom. The average molecular weight is 448 g/mol. The van der Waals surface area contributed by atoms with Gasteiger partial charge in [-0.05, 0) is 48.4 Å². The molecule has 1 unspecified atom stereocenters. The SMILES string of the molecule is CCC(N1CCOCC1)S(=O)(=O)c1ccc(N2CCC(c3ccc(Cl)cc3)=N2)cc1. The van der Waals surface area contributed by atoms with Crippen LogP contribution in [0.15, 0.2) is 58.5 Å². The van der Waals surface area contributed by atoms with Gasteiger partial charge < -0.3 is 4.74 Å². The van der Waals surface area contributed by atoms with Gasteiger partial charge in [-0.25, -0.2) is 8.42 Å². The Morgan fingerprint density at radius 2 is 1.70 bits per heavy atom. The number of hydrogen-bond donors (Lipinski definition) is 0. The van der Waals surface area contributed by atoms with Crippen LogP contribution in [0.1, 0.15) is 25.3 Å². The van der Waals surface area contributed by atoms with Crippen LogP contribution in [-0.2, 0) is 14.6 Å². The predicted octanol–water partition coefficient (Wildman–Crippen LogP) is 3.80. The molecule has 30 heavy (non-hydrogen) atoms. The fraction of sp³-hybridized carbons (Fsp3) is 0.409. The lowest BCUT2D eigenvalue weighted by Gasteiger charge is -2.33. The maximum atomic E-state index is 13.2. The third-order valence-electron chi connectivity index (χ3n) is 5.60. The van der Waals surface area contributed by atoms with E-state index in [1.54, 1.807) is 12.1 Å². The zero-order valence-corrected chi connectivity index (χ0v) is 18.6. The molecule has 2 aromatic carbocycles. The number of rotatable bonds is 6. The highest BCUT2D eigenvalue weighted by Gasteiger charge is 2.32. The van der Waals surface area contributed by atoms with Gasteiger partial charge in [-0.2, -0.15) is 5.10 Å². The maximum Gasteiger partial charge on any atom is 0.194 e. The van der Waals surface area contributed by atoms with E-state index in [-0.39, 0.29) is 0 Å². The highest BCUT2D eigenvalue weighted by Crippen LogP contribution is 2.27. The molecule has 0 N–H and O–H groups in total. The molecule has 0 saturated carbocycles. The number of anilines is 1. The molecule has 160 valence electrons. The van der Waals surface area contributed by atoms with E-state index < -0.39 is 15.2 Å². The quantitative estimate of drug-likeness (QED) is 0.674. The van der Waals surface area contributed by atoms with Crippen molar-refractivity contribution in [2.24, 2.45) is 5.10 Å². The van der Waals surface area contributed by atoms with Crippen molar-refractivity contribution in [3.8, 4) is 0 Å². The van der Waals surface area contributed by atoms with Crippen molar-refractivity contribution in [1.82, 2.24) is 4.90 Å². The van der Waals surface area contributed by atoms with Gasteiger partial charge in [0.15, 0.2) is 9.84 Å². The number of benzene rings is 2. The van der Waals surface area contributed by atoms with Crippen molar-refractivity contribution in [2.45, 2.75) is 30.0 Å². The smallest absolute Gasteiger partial charge is 0.194 e. The van der Waals surface area contributed by atoms with Gasteiger partial charge in [0.2, 0.25) is 0 Å². The van der Waals surface area contributed by atoms with Crippen LogP contribution >= 0.6 is 11.6 Å². The molecule has 2 aliphatic heterocycles. The highest BCUT2D eigenvalue weighted by molar-refractivity contribution is 7.92. The van der Waals surface area contributed by atoms with Crippen LogP contribution in [0.4, 0.5) is 5.69 Å². The Morgan fingerprint density at radius 3 is 2.33 bits per heavy atom. The van der Waals surface area contributed by atoms with Crippen LogP contribution in [0.2, 0.25) is 5.02 Å². The number of morpholine rings is 1. The minimum atomic E-state index is -3.45.